The summed E-state index contributed by atoms with van der Waals surface area (Å²) in [6.45, 7) is 1.86. The molecular formula is C11H19NO3S. The van der Waals surface area contributed by atoms with Crippen LogP contribution in [0.1, 0.15) is 39.0 Å². The van der Waals surface area contributed by atoms with Crippen LogP contribution in [-0.4, -0.2) is 34.0 Å². The monoisotopic (exact) mass is 245 g/mol. The maximum absolute atomic E-state index is 11.8. The van der Waals surface area contributed by atoms with Crippen LogP contribution in [0.3, 0.4) is 0 Å². The predicted molar refractivity (Wildman–Crippen MR) is 64.6 cm³/mol. The van der Waals surface area contributed by atoms with E-state index in [4.69, 9.17) is 5.11 Å². The highest BCUT2D eigenvalue weighted by molar-refractivity contribution is 8.00. The Balaban J connectivity index is 2.23. The Hall–Kier alpha value is -0.710. The van der Waals surface area contributed by atoms with E-state index in [2.05, 4.69) is 5.32 Å². The number of thioether (sulfide) groups is 1. The topological polar surface area (TPSA) is 66.4 Å². The Bertz CT molecular complexity index is 252. The van der Waals surface area contributed by atoms with Crippen LogP contribution < -0.4 is 5.32 Å². The van der Waals surface area contributed by atoms with Gasteiger partial charge in [-0.2, -0.15) is 0 Å². The summed E-state index contributed by atoms with van der Waals surface area (Å²) in [6, 6.07) is -0.0499. The van der Waals surface area contributed by atoms with Crippen LogP contribution in [0, 0.1) is 0 Å². The Kier molecular flexibility index (Phi) is 5.66. The van der Waals surface area contributed by atoms with Crippen LogP contribution in [-0.2, 0) is 9.59 Å². The molecule has 0 aromatic rings. The van der Waals surface area contributed by atoms with Crippen molar-refractivity contribution in [2.45, 2.75) is 50.3 Å². The third-order valence-electron chi connectivity index (χ3n) is 2.65. The number of carbonyl (C=O) groups is 2. The van der Waals surface area contributed by atoms with E-state index in [1.165, 1.54) is 6.42 Å². The molecule has 1 saturated heterocycles. The zero-order valence-corrected chi connectivity index (χ0v) is 10.4. The molecule has 0 bridgehead atoms. The molecule has 92 valence electrons. The molecule has 0 spiro atoms. The molecule has 2 unspecified atom stereocenters. The molecule has 0 radical (unpaired) electrons. The quantitative estimate of drug-likeness (QED) is 0.772. The van der Waals surface area contributed by atoms with Crippen molar-refractivity contribution in [3.8, 4) is 0 Å². The minimum Gasteiger partial charge on any atom is -0.481 e. The standard InChI is InChI=1S/C11H19NO3S/c1-8(5-6-10(13)14)12-11(15)9-4-2-3-7-16-9/h8-9H,2-7H2,1H3,(H,12,15)(H,13,14). The number of hydrogen-bond donors (Lipinski definition) is 2. The average Bonchev–Trinajstić information content (AvgIpc) is 2.27. The fraction of sp³-hybridized carbons (Fsp3) is 0.818. The van der Waals surface area contributed by atoms with Crippen LogP contribution in [0.2, 0.25) is 0 Å². The Labute approximate surface area is 100 Å². The van der Waals surface area contributed by atoms with Crippen molar-refractivity contribution in [1.82, 2.24) is 5.32 Å². The van der Waals surface area contributed by atoms with Crippen molar-refractivity contribution in [3.05, 3.63) is 0 Å². The summed E-state index contributed by atoms with van der Waals surface area (Å²) in [6.07, 6.45) is 3.87. The van der Waals surface area contributed by atoms with Crippen molar-refractivity contribution >= 4 is 23.6 Å². The Morgan fingerprint density at radius 2 is 2.25 bits per heavy atom. The molecule has 2 N–H and O–H groups in total. The van der Waals surface area contributed by atoms with Crippen LogP contribution in [0.15, 0.2) is 0 Å². The summed E-state index contributed by atoms with van der Waals surface area (Å²) in [4.78, 5) is 22.1. The van der Waals surface area contributed by atoms with Gasteiger partial charge in [-0.1, -0.05) is 6.42 Å². The number of carboxylic acid groups (broad SMARTS) is 1. The molecular weight excluding hydrogens is 226 g/mol. The maximum atomic E-state index is 11.8. The maximum Gasteiger partial charge on any atom is 0.303 e. The van der Waals surface area contributed by atoms with Crippen molar-refractivity contribution in [2.75, 3.05) is 5.75 Å². The molecule has 16 heavy (non-hydrogen) atoms. The van der Waals surface area contributed by atoms with E-state index in [0.29, 0.717) is 6.42 Å². The number of carbonyl (C=O) groups excluding carboxylic acids is 1. The van der Waals surface area contributed by atoms with E-state index >= 15 is 0 Å². The molecule has 1 amide bonds. The second-order valence-corrected chi connectivity index (χ2v) is 5.51. The van der Waals surface area contributed by atoms with E-state index < -0.39 is 5.97 Å². The molecule has 4 nitrogen and oxygen atoms in total. The van der Waals surface area contributed by atoms with Crippen LogP contribution in [0.25, 0.3) is 0 Å². The average molecular weight is 245 g/mol. The second-order valence-electron chi connectivity index (χ2n) is 4.20. The van der Waals surface area contributed by atoms with Crippen LogP contribution in [0.4, 0.5) is 0 Å². The van der Waals surface area contributed by atoms with Crippen molar-refractivity contribution in [1.29, 1.82) is 0 Å². The van der Waals surface area contributed by atoms with Crippen molar-refractivity contribution in [3.63, 3.8) is 0 Å². The lowest BCUT2D eigenvalue weighted by atomic mass is 10.1. The van der Waals surface area contributed by atoms with Gasteiger partial charge in [0.15, 0.2) is 0 Å². The van der Waals surface area contributed by atoms with Crippen molar-refractivity contribution in [2.24, 2.45) is 0 Å². The van der Waals surface area contributed by atoms with Gasteiger partial charge in [0.1, 0.15) is 0 Å². The van der Waals surface area contributed by atoms with Gasteiger partial charge in [0.05, 0.1) is 5.25 Å². The second kappa shape index (κ2) is 6.78. The molecule has 1 rings (SSSR count). The van der Waals surface area contributed by atoms with Gasteiger partial charge in [-0.05, 0) is 31.9 Å². The first-order valence-electron chi connectivity index (χ1n) is 5.73. The molecule has 0 saturated carbocycles. The third-order valence-corrected chi connectivity index (χ3v) is 4.03. The van der Waals surface area contributed by atoms with Crippen LogP contribution >= 0.6 is 11.8 Å². The number of rotatable bonds is 5. The van der Waals surface area contributed by atoms with E-state index in [1.54, 1.807) is 11.8 Å². The highest BCUT2D eigenvalue weighted by Crippen LogP contribution is 2.25. The molecule has 1 fully saturated rings. The number of hydrogen-bond acceptors (Lipinski definition) is 3. The summed E-state index contributed by atoms with van der Waals surface area (Å²) in [5.41, 5.74) is 0. The number of aliphatic carboxylic acids is 1. The number of amides is 1. The van der Waals surface area contributed by atoms with Crippen LogP contribution in [0.5, 0.6) is 0 Å². The van der Waals surface area contributed by atoms with Crippen molar-refractivity contribution < 1.29 is 14.7 Å². The normalized spacial score (nSPS) is 22.4. The van der Waals surface area contributed by atoms with Gasteiger partial charge >= 0.3 is 5.97 Å². The van der Waals surface area contributed by atoms with Gasteiger partial charge in [0.25, 0.3) is 0 Å². The molecule has 0 aliphatic carbocycles. The summed E-state index contributed by atoms with van der Waals surface area (Å²) >= 11 is 1.71. The highest BCUT2D eigenvalue weighted by Gasteiger charge is 2.22. The van der Waals surface area contributed by atoms with Gasteiger partial charge in [0.2, 0.25) is 5.91 Å². The summed E-state index contributed by atoms with van der Waals surface area (Å²) in [5.74, 6) is 0.317. The first-order valence-corrected chi connectivity index (χ1v) is 6.78. The lowest BCUT2D eigenvalue weighted by molar-refractivity contribution is -0.137. The molecule has 1 aliphatic heterocycles. The van der Waals surface area contributed by atoms with E-state index in [0.717, 1.165) is 18.6 Å². The smallest absolute Gasteiger partial charge is 0.303 e. The fourth-order valence-corrected chi connectivity index (χ4v) is 2.90. The fourth-order valence-electron chi connectivity index (χ4n) is 1.70. The lowest BCUT2D eigenvalue weighted by Gasteiger charge is -2.22. The Morgan fingerprint density at radius 3 is 2.81 bits per heavy atom. The summed E-state index contributed by atoms with van der Waals surface area (Å²) in [5, 5.41) is 11.5. The zero-order valence-electron chi connectivity index (χ0n) is 9.57. The molecule has 1 heterocycles. The van der Waals surface area contributed by atoms with Gasteiger partial charge in [-0.3, -0.25) is 9.59 Å². The first kappa shape index (κ1) is 13.4. The minimum atomic E-state index is -0.812. The number of carboxylic acids is 1. The lowest BCUT2D eigenvalue weighted by Crippen LogP contribution is -2.39. The zero-order chi connectivity index (χ0) is 12.0. The third kappa shape index (κ3) is 4.88. The van der Waals surface area contributed by atoms with Gasteiger partial charge in [-0.15, -0.1) is 11.8 Å². The summed E-state index contributed by atoms with van der Waals surface area (Å²) in [7, 11) is 0. The molecule has 0 aromatic heterocycles. The largest absolute Gasteiger partial charge is 0.481 e. The molecule has 0 aromatic carbocycles. The molecule has 1 aliphatic rings. The number of nitrogens with one attached hydrogen (secondary N) is 1. The molecule has 5 heteroatoms. The molecule has 2 atom stereocenters. The highest BCUT2D eigenvalue weighted by atomic mass is 32.2. The van der Waals surface area contributed by atoms with E-state index in [9.17, 15) is 9.59 Å². The van der Waals surface area contributed by atoms with Gasteiger partial charge < -0.3 is 10.4 Å². The van der Waals surface area contributed by atoms with Gasteiger partial charge in [-0.25, -0.2) is 0 Å². The predicted octanol–water partition coefficient (Wildman–Crippen LogP) is 1.64. The SMILES string of the molecule is CC(CCC(=O)O)NC(=O)C1CCCCS1. The minimum absolute atomic E-state index is 0.0499. The van der Waals surface area contributed by atoms with E-state index in [1.807, 2.05) is 6.92 Å². The first-order chi connectivity index (χ1) is 7.59. The van der Waals surface area contributed by atoms with E-state index in [-0.39, 0.29) is 23.6 Å². The summed E-state index contributed by atoms with van der Waals surface area (Å²) < 4.78 is 0. The van der Waals surface area contributed by atoms with Gasteiger partial charge in [0, 0.05) is 12.5 Å². The Morgan fingerprint density at radius 1 is 1.50 bits per heavy atom.